The van der Waals surface area contributed by atoms with Crippen LogP contribution < -0.4 is 21.3 Å². The Labute approximate surface area is 210 Å². The van der Waals surface area contributed by atoms with E-state index in [4.69, 9.17) is 4.74 Å². The molecule has 0 aliphatic carbocycles. The Hall–Kier alpha value is -4.25. The van der Waals surface area contributed by atoms with Crippen molar-refractivity contribution >= 4 is 40.2 Å². The summed E-state index contributed by atoms with van der Waals surface area (Å²) in [5.41, 5.74) is 0.846. The van der Waals surface area contributed by atoms with Crippen molar-refractivity contribution in [2.75, 3.05) is 18.2 Å². The third-order valence-electron chi connectivity index (χ3n) is 5.53. The van der Waals surface area contributed by atoms with Gasteiger partial charge in [0.15, 0.2) is 17.3 Å². The number of ketones is 1. The van der Waals surface area contributed by atoms with E-state index in [1.165, 1.54) is 25.6 Å². The fraction of sp³-hybridized carbons (Fsp3) is 0.200. The molecule has 0 saturated carbocycles. The molecule has 184 valence electrons. The number of aromatic nitrogens is 4. The van der Waals surface area contributed by atoms with Crippen LogP contribution in [0.15, 0.2) is 63.1 Å². The van der Waals surface area contributed by atoms with Gasteiger partial charge in [-0.15, -0.1) is 0 Å². The summed E-state index contributed by atoms with van der Waals surface area (Å²) in [6, 6.07) is 13.6. The normalized spacial score (nSPS) is 10.9. The van der Waals surface area contributed by atoms with E-state index in [1.54, 1.807) is 55.6 Å². The summed E-state index contributed by atoms with van der Waals surface area (Å²) in [6.07, 6.45) is 0. The van der Waals surface area contributed by atoms with Gasteiger partial charge in [0, 0.05) is 30.9 Å². The highest BCUT2D eigenvalue weighted by Crippen LogP contribution is 2.27. The van der Waals surface area contributed by atoms with E-state index in [9.17, 15) is 19.2 Å². The molecule has 0 unspecified atom stereocenters. The number of ether oxygens (including phenoxy) is 1. The van der Waals surface area contributed by atoms with E-state index in [0.29, 0.717) is 28.4 Å². The monoisotopic (exact) mass is 505 g/mol. The lowest BCUT2D eigenvalue weighted by Crippen LogP contribution is -2.37. The first-order valence-electron chi connectivity index (χ1n) is 10.9. The van der Waals surface area contributed by atoms with E-state index in [1.807, 2.05) is 0 Å². The molecule has 2 heterocycles. The highest BCUT2D eigenvalue weighted by Gasteiger charge is 2.19. The zero-order valence-electron chi connectivity index (χ0n) is 20.1. The minimum Gasteiger partial charge on any atom is -0.497 e. The lowest BCUT2D eigenvalue weighted by atomic mass is 10.1. The van der Waals surface area contributed by atoms with Gasteiger partial charge in [0.2, 0.25) is 5.91 Å². The van der Waals surface area contributed by atoms with Crippen LogP contribution in [0.1, 0.15) is 17.3 Å². The number of hydrogen-bond acceptors (Lipinski definition) is 8. The van der Waals surface area contributed by atoms with Crippen molar-refractivity contribution in [1.29, 1.82) is 0 Å². The number of rotatable bonds is 7. The Balaban J connectivity index is 1.70. The largest absolute Gasteiger partial charge is 0.497 e. The molecule has 0 aliphatic rings. The van der Waals surface area contributed by atoms with Crippen molar-refractivity contribution in [3.63, 3.8) is 0 Å². The minimum absolute atomic E-state index is 0.0470. The number of nitrogens with zero attached hydrogens (tertiary/aromatic N) is 4. The molecule has 36 heavy (non-hydrogen) atoms. The maximum atomic E-state index is 13.0. The molecular formula is C25H23N5O5S. The predicted octanol–water partition coefficient (Wildman–Crippen LogP) is 2.64. The molecule has 11 heteroatoms. The molecule has 2 aromatic heterocycles. The molecule has 0 radical (unpaired) electrons. The number of fused-ring (bicyclic) bond motifs is 1. The summed E-state index contributed by atoms with van der Waals surface area (Å²) in [6.45, 7) is 1.47. The highest BCUT2D eigenvalue weighted by molar-refractivity contribution is 8.00. The Bertz CT molecular complexity index is 1590. The molecule has 4 aromatic rings. The van der Waals surface area contributed by atoms with Gasteiger partial charge in [-0.05, 0) is 55.5 Å². The molecule has 1 N–H and O–H groups in total. The first-order chi connectivity index (χ1) is 17.2. The number of thioether (sulfide) groups is 1. The highest BCUT2D eigenvalue weighted by atomic mass is 32.2. The summed E-state index contributed by atoms with van der Waals surface area (Å²) < 4.78 is 7.47. The smallest absolute Gasteiger partial charge is 0.332 e. The second-order valence-electron chi connectivity index (χ2n) is 7.96. The van der Waals surface area contributed by atoms with Crippen LogP contribution >= 0.6 is 11.8 Å². The molecular weight excluding hydrogens is 482 g/mol. The van der Waals surface area contributed by atoms with Crippen molar-refractivity contribution in [3.8, 4) is 17.1 Å². The van der Waals surface area contributed by atoms with Crippen LogP contribution in [0.4, 0.5) is 5.69 Å². The molecule has 0 bridgehead atoms. The fourth-order valence-corrected chi connectivity index (χ4v) is 4.34. The number of amides is 1. The minimum atomic E-state index is -0.544. The van der Waals surface area contributed by atoms with Gasteiger partial charge in [-0.3, -0.25) is 23.5 Å². The van der Waals surface area contributed by atoms with Gasteiger partial charge in [-0.25, -0.2) is 14.8 Å². The molecule has 0 fully saturated rings. The zero-order chi connectivity index (χ0) is 26.0. The molecule has 1 amide bonds. The average molecular weight is 506 g/mol. The van der Waals surface area contributed by atoms with Gasteiger partial charge in [0.05, 0.1) is 12.9 Å². The van der Waals surface area contributed by atoms with Crippen LogP contribution in [-0.2, 0) is 18.9 Å². The first-order valence-corrected chi connectivity index (χ1v) is 11.8. The molecule has 0 atom stereocenters. The van der Waals surface area contributed by atoms with Crippen LogP contribution in [0, 0.1) is 0 Å². The van der Waals surface area contributed by atoms with Crippen LogP contribution in [0.3, 0.4) is 0 Å². The van der Waals surface area contributed by atoms with Gasteiger partial charge in [-0.1, -0.05) is 11.8 Å². The van der Waals surface area contributed by atoms with E-state index in [2.05, 4.69) is 15.3 Å². The summed E-state index contributed by atoms with van der Waals surface area (Å²) in [5.74, 6) is 0.520. The number of aryl methyl sites for hydroxylation is 1. The maximum absolute atomic E-state index is 13.0. The van der Waals surface area contributed by atoms with Crippen molar-refractivity contribution in [3.05, 3.63) is 74.9 Å². The Kier molecular flexibility index (Phi) is 7.02. The first kappa shape index (κ1) is 24.9. The van der Waals surface area contributed by atoms with Crippen LogP contribution in [0.2, 0.25) is 0 Å². The third kappa shape index (κ3) is 4.91. The maximum Gasteiger partial charge on any atom is 0.332 e. The number of nitrogens with one attached hydrogen (secondary N) is 1. The zero-order valence-corrected chi connectivity index (χ0v) is 20.9. The lowest BCUT2D eigenvalue weighted by molar-refractivity contribution is -0.113. The summed E-state index contributed by atoms with van der Waals surface area (Å²) in [4.78, 5) is 58.7. The second kappa shape index (κ2) is 10.2. The van der Waals surface area contributed by atoms with E-state index in [0.717, 1.165) is 16.3 Å². The van der Waals surface area contributed by atoms with Crippen LogP contribution in [0.5, 0.6) is 5.75 Å². The third-order valence-corrected chi connectivity index (χ3v) is 6.51. The Morgan fingerprint density at radius 2 is 1.64 bits per heavy atom. The average Bonchev–Trinajstić information content (AvgIpc) is 2.89. The molecule has 10 nitrogen and oxygen atoms in total. The van der Waals surface area contributed by atoms with Crippen molar-refractivity contribution in [1.82, 2.24) is 19.1 Å². The Morgan fingerprint density at radius 1 is 0.972 bits per heavy atom. The second-order valence-corrected chi connectivity index (χ2v) is 8.92. The molecule has 2 aromatic carbocycles. The fourth-order valence-electron chi connectivity index (χ4n) is 3.52. The summed E-state index contributed by atoms with van der Waals surface area (Å²) in [5, 5.41) is 3.20. The standard InChI is InChI=1S/C25H23N5O5S/c1-14(31)15-5-9-17(10-6-15)26-19(32)13-36-23-20-22(29(2)25(34)30(3)24(20)33)27-21(28-23)16-7-11-18(35-4)12-8-16/h5-12H,13H2,1-4H3,(H,26,32). The number of carbonyl (C=O) groups is 2. The van der Waals surface area contributed by atoms with Gasteiger partial charge in [0.1, 0.15) is 16.2 Å². The lowest BCUT2D eigenvalue weighted by Gasteiger charge is -2.12. The number of carbonyl (C=O) groups excluding carboxylic acids is 2. The summed E-state index contributed by atoms with van der Waals surface area (Å²) in [7, 11) is 4.47. The predicted molar refractivity (Wildman–Crippen MR) is 138 cm³/mol. The Morgan fingerprint density at radius 3 is 2.25 bits per heavy atom. The van der Waals surface area contributed by atoms with Crippen LogP contribution in [0.25, 0.3) is 22.4 Å². The molecule has 0 aliphatic heterocycles. The van der Waals surface area contributed by atoms with Gasteiger partial charge in [0.25, 0.3) is 5.56 Å². The van der Waals surface area contributed by atoms with E-state index in [-0.39, 0.29) is 33.5 Å². The van der Waals surface area contributed by atoms with E-state index >= 15 is 0 Å². The number of Topliss-reactive ketones (excluding diaryl/α,β-unsaturated/α-hetero) is 1. The van der Waals surface area contributed by atoms with Gasteiger partial charge < -0.3 is 10.1 Å². The quantitative estimate of drug-likeness (QED) is 0.231. The number of methoxy groups -OCH3 is 1. The molecule has 0 saturated heterocycles. The van der Waals surface area contributed by atoms with Crippen molar-refractivity contribution in [2.24, 2.45) is 14.1 Å². The van der Waals surface area contributed by atoms with Crippen molar-refractivity contribution < 1.29 is 14.3 Å². The molecule has 0 spiro atoms. The number of benzene rings is 2. The van der Waals surface area contributed by atoms with Crippen molar-refractivity contribution in [2.45, 2.75) is 11.9 Å². The van der Waals surface area contributed by atoms with Gasteiger partial charge in [-0.2, -0.15) is 0 Å². The van der Waals surface area contributed by atoms with Crippen LogP contribution in [-0.4, -0.2) is 43.7 Å². The van der Waals surface area contributed by atoms with E-state index < -0.39 is 11.2 Å². The number of hydrogen-bond donors (Lipinski definition) is 1. The number of anilines is 1. The molecule has 4 rings (SSSR count). The SMILES string of the molecule is COc1ccc(-c2nc(SCC(=O)Nc3ccc(C(C)=O)cc3)c3c(=O)n(C)c(=O)n(C)c3n2)cc1. The summed E-state index contributed by atoms with van der Waals surface area (Å²) >= 11 is 1.07. The van der Waals surface area contributed by atoms with Gasteiger partial charge >= 0.3 is 5.69 Å². The topological polar surface area (TPSA) is 125 Å².